The Bertz CT molecular complexity index is 566. The molecular formula is C25H41N. The van der Waals surface area contributed by atoms with E-state index in [2.05, 4.69) is 45.9 Å². The smallest absolute Gasteiger partial charge is 0.0670 e. The average Bonchev–Trinajstić information content (AvgIpc) is 2.94. The Hall–Kier alpha value is -1.11. The van der Waals surface area contributed by atoms with Gasteiger partial charge in [0, 0.05) is 11.1 Å². The summed E-state index contributed by atoms with van der Waals surface area (Å²) in [5, 5.41) is 0. The van der Waals surface area contributed by atoms with E-state index in [0.29, 0.717) is 0 Å². The molecule has 1 nitrogen and oxygen atoms in total. The number of aliphatic imine (C=N–C) groups is 1. The summed E-state index contributed by atoms with van der Waals surface area (Å²) in [5.74, 6) is 0. The van der Waals surface area contributed by atoms with Crippen LogP contribution in [0.4, 0.5) is 5.69 Å². The van der Waals surface area contributed by atoms with Gasteiger partial charge in [-0.25, -0.2) is 0 Å². The molecule has 0 aliphatic carbocycles. The van der Waals surface area contributed by atoms with Crippen LogP contribution in [0.25, 0.3) is 0 Å². The fourth-order valence-electron chi connectivity index (χ4n) is 4.66. The molecule has 0 radical (unpaired) electrons. The third-order valence-corrected chi connectivity index (χ3v) is 6.58. The molecule has 146 valence electrons. The van der Waals surface area contributed by atoms with Crippen molar-refractivity contribution in [2.45, 2.75) is 117 Å². The highest BCUT2D eigenvalue weighted by atomic mass is 14.8. The number of aryl methyl sites for hydroxylation is 1. The zero-order chi connectivity index (χ0) is 18.8. The van der Waals surface area contributed by atoms with Gasteiger partial charge in [0.15, 0.2) is 0 Å². The topological polar surface area (TPSA) is 12.4 Å². The van der Waals surface area contributed by atoms with Crippen molar-refractivity contribution in [3.8, 4) is 0 Å². The molecule has 0 bridgehead atoms. The molecule has 0 N–H and O–H groups in total. The van der Waals surface area contributed by atoms with E-state index in [4.69, 9.17) is 4.99 Å². The Morgan fingerprint density at radius 3 is 1.92 bits per heavy atom. The number of unbranched alkanes of at least 4 members (excludes halogenated alkanes) is 9. The van der Waals surface area contributed by atoms with Crippen LogP contribution in [0, 0.1) is 0 Å². The van der Waals surface area contributed by atoms with Crippen molar-refractivity contribution in [1.82, 2.24) is 0 Å². The van der Waals surface area contributed by atoms with Gasteiger partial charge in [-0.3, -0.25) is 4.99 Å². The molecule has 0 aromatic heterocycles. The second-order valence-corrected chi connectivity index (χ2v) is 8.27. The SMILES string of the molecule is CCCCCCCCCCCCc1ccc2c(c1)C(CC)(CC)C(C)=N2. The van der Waals surface area contributed by atoms with Gasteiger partial charge in [0.1, 0.15) is 0 Å². The Morgan fingerprint density at radius 1 is 0.769 bits per heavy atom. The molecule has 0 unspecified atom stereocenters. The van der Waals surface area contributed by atoms with E-state index in [9.17, 15) is 0 Å². The Morgan fingerprint density at radius 2 is 1.35 bits per heavy atom. The number of hydrogen-bond acceptors (Lipinski definition) is 1. The van der Waals surface area contributed by atoms with Gasteiger partial charge in [0.25, 0.3) is 0 Å². The molecule has 1 heteroatoms. The molecule has 1 aliphatic heterocycles. The van der Waals surface area contributed by atoms with Crippen molar-refractivity contribution < 1.29 is 0 Å². The van der Waals surface area contributed by atoms with Crippen molar-refractivity contribution >= 4 is 11.4 Å². The zero-order valence-electron chi connectivity index (χ0n) is 17.9. The first-order chi connectivity index (χ1) is 12.7. The lowest BCUT2D eigenvalue weighted by Gasteiger charge is -2.28. The van der Waals surface area contributed by atoms with Crippen molar-refractivity contribution in [3.63, 3.8) is 0 Å². The molecule has 1 aliphatic rings. The van der Waals surface area contributed by atoms with E-state index >= 15 is 0 Å². The van der Waals surface area contributed by atoms with E-state index in [1.165, 1.54) is 93.2 Å². The van der Waals surface area contributed by atoms with Crippen LogP contribution in [0.1, 0.15) is 116 Å². The fraction of sp³-hybridized carbons (Fsp3) is 0.720. The number of benzene rings is 1. The maximum atomic E-state index is 4.86. The van der Waals surface area contributed by atoms with E-state index in [1.54, 1.807) is 0 Å². The second-order valence-electron chi connectivity index (χ2n) is 8.27. The molecular weight excluding hydrogens is 314 g/mol. The normalized spacial score (nSPS) is 15.2. The zero-order valence-corrected chi connectivity index (χ0v) is 17.9. The minimum atomic E-state index is 0.198. The Labute approximate surface area is 162 Å². The molecule has 0 saturated heterocycles. The standard InChI is InChI=1S/C25H41N/c1-5-8-9-10-11-12-13-14-15-16-17-22-18-19-24-23(20-22)25(6-2,7-3)21(4)26-24/h18-20H,5-17H2,1-4H3. The van der Waals surface area contributed by atoms with Gasteiger partial charge in [0.05, 0.1) is 5.69 Å². The summed E-state index contributed by atoms with van der Waals surface area (Å²) in [6.07, 6.45) is 17.6. The first kappa shape index (κ1) is 21.2. The van der Waals surface area contributed by atoms with Gasteiger partial charge in [-0.1, -0.05) is 90.7 Å². The first-order valence-corrected chi connectivity index (χ1v) is 11.4. The van der Waals surface area contributed by atoms with Crippen LogP contribution in [0.2, 0.25) is 0 Å². The lowest BCUT2D eigenvalue weighted by Crippen LogP contribution is -2.29. The monoisotopic (exact) mass is 355 g/mol. The molecule has 0 amide bonds. The number of nitrogens with zero attached hydrogens (tertiary/aromatic N) is 1. The summed E-state index contributed by atoms with van der Waals surface area (Å²) in [4.78, 5) is 4.86. The number of rotatable bonds is 13. The molecule has 0 saturated carbocycles. The fourth-order valence-corrected chi connectivity index (χ4v) is 4.66. The average molecular weight is 356 g/mol. The highest BCUT2D eigenvalue weighted by molar-refractivity contribution is 6.00. The maximum Gasteiger partial charge on any atom is 0.0670 e. The molecule has 26 heavy (non-hydrogen) atoms. The van der Waals surface area contributed by atoms with Crippen molar-refractivity contribution in [2.24, 2.45) is 4.99 Å². The van der Waals surface area contributed by atoms with Crippen LogP contribution in [0.15, 0.2) is 23.2 Å². The lowest BCUT2D eigenvalue weighted by molar-refractivity contribution is 0.541. The molecule has 0 atom stereocenters. The van der Waals surface area contributed by atoms with Crippen molar-refractivity contribution in [1.29, 1.82) is 0 Å². The van der Waals surface area contributed by atoms with Crippen LogP contribution >= 0.6 is 0 Å². The molecule has 0 spiro atoms. The molecule has 1 heterocycles. The minimum absolute atomic E-state index is 0.198. The minimum Gasteiger partial charge on any atom is -0.257 e. The molecule has 1 aromatic carbocycles. The third kappa shape index (κ3) is 5.21. The van der Waals surface area contributed by atoms with Gasteiger partial charge < -0.3 is 0 Å². The number of hydrogen-bond donors (Lipinski definition) is 0. The van der Waals surface area contributed by atoms with E-state index in [0.717, 1.165) is 12.8 Å². The van der Waals surface area contributed by atoms with E-state index in [1.807, 2.05) is 0 Å². The van der Waals surface area contributed by atoms with Crippen LogP contribution in [-0.2, 0) is 11.8 Å². The van der Waals surface area contributed by atoms with Crippen LogP contribution in [0.3, 0.4) is 0 Å². The predicted molar refractivity (Wildman–Crippen MR) is 117 cm³/mol. The Balaban J connectivity index is 1.72. The largest absolute Gasteiger partial charge is 0.257 e. The number of fused-ring (bicyclic) bond motifs is 1. The highest BCUT2D eigenvalue weighted by Gasteiger charge is 2.38. The summed E-state index contributed by atoms with van der Waals surface area (Å²) >= 11 is 0. The summed E-state index contributed by atoms with van der Waals surface area (Å²) in [6, 6.07) is 7.04. The molecule has 2 rings (SSSR count). The van der Waals surface area contributed by atoms with Crippen molar-refractivity contribution in [3.05, 3.63) is 29.3 Å². The summed E-state index contributed by atoms with van der Waals surface area (Å²) < 4.78 is 0. The summed E-state index contributed by atoms with van der Waals surface area (Å²) in [5.41, 5.74) is 5.74. The Kier molecular flexibility index (Phi) is 8.88. The first-order valence-electron chi connectivity index (χ1n) is 11.4. The van der Waals surface area contributed by atoms with Gasteiger partial charge >= 0.3 is 0 Å². The van der Waals surface area contributed by atoms with Crippen LogP contribution in [-0.4, -0.2) is 5.71 Å². The maximum absolute atomic E-state index is 4.86. The van der Waals surface area contributed by atoms with Gasteiger partial charge in [-0.15, -0.1) is 0 Å². The van der Waals surface area contributed by atoms with E-state index < -0.39 is 0 Å². The molecule has 0 fully saturated rings. The predicted octanol–water partition coefficient (Wildman–Crippen LogP) is 8.31. The van der Waals surface area contributed by atoms with E-state index in [-0.39, 0.29) is 5.41 Å². The third-order valence-electron chi connectivity index (χ3n) is 6.58. The van der Waals surface area contributed by atoms with Crippen LogP contribution in [0.5, 0.6) is 0 Å². The lowest BCUT2D eigenvalue weighted by atomic mass is 9.73. The quantitative estimate of drug-likeness (QED) is 0.315. The summed E-state index contributed by atoms with van der Waals surface area (Å²) in [7, 11) is 0. The van der Waals surface area contributed by atoms with Gasteiger partial charge in [-0.2, -0.15) is 0 Å². The van der Waals surface area contributed by atoms with Gasteiger partial charge in [0.2, 0.25) is 0 Å². The van der Waals surface area contributed by atoms with Crippen LogP contribution < -0.4 is 0 Å². The van der Waals surface area contributed by atoms with Crippen molar-refractivity contribution in [2.75, 3.05) is 0 Å². The van der Waals surface area contributed by atoms with Gasteiger partial charge in [-0.05, 0) is 49.8 Å². The second kappa shape index (κ2) is 10.9. The highest BCUT2D eigenvalue weighted by Crippen LogP contribution is 2.45. The molecule has 1 aromatic rings. The summed E-state index contributed by atoms with van der Waals surface area (Å²) in [6.45, 7) is 9.13.